The number of hydrogen-bond donors (Lipinski definition) is 0. The molecule has 1 heterocycles. The van der Waals surface area contributed by atoms with E-state index in [2.05, 4.69) is 23.1 Å². The molecule has 1 saturated carbocycles. The largest absolute Gasteiger partial charge is 0.373 e. The van der Waals surface area contributed by atoms with Crippen LogP contribution in [0.3, 0.4) is 0 Å². The van der Waals surface area contributed by atoms with Crippen LogP contribution in [0.5, 0.6) is 0 Å². The molecular formula is C19H22N2O2S. The van der Waals surface area contributed by atoms with Crippen molar-refractivity contribution in [2.24, 2.45) is 0 Å². The van der Waals surface area contributed by atoms with Gasteiger partial charge < -0.3 is 9.64 Å². The number of rotatable bonds is 7. The molecule has 0 radical (unpaired) electrons. The number of nitrogens with zero attached hydrogens (tertiary/aromatic N) is 2. The highest BCUT2D eigenvalue weighted by Crippen LogP contribution is 2.31. The summed E-state index contributed by atoms with van der Waals surface area (Å²) >= 11 is 1.46. The molecule has 0 N–H and O–H groups in total. The van der Waals surface area contributed by atoms with Gasteiger partial charge in [-0.2, -0.15) is 0 Å². The summed E-state index contributed by atoms with van der Waals surface area (Å²) in [6, 6.07) is 10.4. The van der Waals surface area contributed by atoms with Crippen LogP contribution >= 0.6 is 11.5 Å². The van der Waals surface area contributed by atoms with Gasteiger partial charge in [-0.1, -0.05) is 36.9 Å². The van der Waals surface area contributed by atoms with E-state index >= 15 is 0 Å². The number of hydrogen-bond acceptors (Lipinski definition) is 4. The van der Waals surface area contributed by atoms with Crippen LogP contribution < -0.4 is 0 Å². The van der Waals surface area contributed by atoms with E-state index in [1.54, 1.807) is 0 Å². The number of aromatic nitrogens is 1. The van der Waals surface area contributed by atoms with Crippen molar-refractivity contribution in [3.8, 4) is 0 Å². The zero-order chi connectivity index (χ0) is 16.9. The van der Waals surface area contributed by atoms with E-state index in [9.17, 15) is 4.79 Å². The smallest absolute Gasteiger partial charge is 0.246 e. The van der Waals surface area contributed by atoms with Gasteiger partial charge in [0.25, 0.3) is 0 Å². The maximum absolute atomic E-state index is 12.2. The molecule has 1 aliphatic carbocycles. The summed E-state index contributed by atoms with van der Waals surface area (Å²) < 4.78 is 10.1. The molecule has 0 unspecified atom stereocenters. The fraction of sp³-hybridized carbons (Fsp3) is 0.368. The Hall–Kier alpha value is -1.98. The highest BCUT2D eigenvalue weighted by Gasteiger charge is 2.36. The average Bonchev–Trinajstić information content (AvgIpc) is 2.97. The summed E-state index contributed by atoms with van der Waals surface area (Å²) in [7, 11) is 0. The third-order valence-electron chi connectivity index (χ3n) is 4.46. The van der Waals surface area contributed by atoms with Crippen molar-refractivity contribution in [3.63, 3.8) is 0 Å². The molecule has 5 heteroatoms. The first-order chi connectivity index (χ1) is 11.7. The van der Waals surface area contributed by atoms with Crippen LogP contribution in [0.15, 0.2) is 49.2 Å². The van der Waals surface area contributed by atoms with Gasteiger partial charge in [-0.15, -0.1) is 0 Å². The summed E-state index contributed by atoms with van der Waals surface area (Å²) in [5, 5.41) is 0. The summed E-state index contributed by atoms with van der Waals surface area (Å²) in [5.74, 6) is -0.0192. The molecule has 2 aromatic rings. The van der Waals surface area contributed by atoms with Gasteiger partial charge in [-0.25, -0.2) is 4.37 Å². The van der Waals surface area contributed by atoms with Crippen molar-refractivity contribution in [2.75, 3.05) is 0 Å². The van der Waals surface area contributed by atoms with Gasteiger partial charge in [0.1, 0.15) is 0 Å². The zero-order valence-electron chi connectivity index (χ0n) is 13.9. The summed E-state index contributed by atoms with van der Waals surface area (Å²) in [5.41, 5.74) is 2.32. The van der Waals surface area contributed by atoms with Crippen LogP contribution in [0.1, 0.15) is 28.8 Å². The van der Waals surface area contributed by atoms with E-state index in [1.165, 1.54) is 23.2 Å². The second-order valence-electron chi connectivity index (χ2n) is 6.15. The highest BCUT2D eigenvalue weighted by atomic mass is 32.1. The topological polar surface area (TPSA) is 42.4 Å². The minimum atomic E-state index is -0.0192. The van der Waals surface area contributed by atoms with Crippen molar-refractivity contribution in [1.29, 1.82) is 0 Å². The summed E-state index contributed by atoms with van der Waals surface area (Å²) in [6.45, 7) is 6.90. The molecule has 1 fully saturated rings. The number of amides is 1. The first-order valence-electron chi connectivity index (χ1n) is 8.16. The normalized spacial score (nSPS) is 19.5. The lowest BCUT2D eigenvalue weighted by molar-refractivity contribution is -0.136. The molecule has 1 aromatic carbocycles. The SMILES string of the molecule is C=CC(=O)N(Cc1sncc1C)C1CC(OCc2ccccc2)C1. The first kappa shape index (κ1) is 16.9. The molecule has 0 bridgehead atoms. The molecule has 3 rings (SSSR count). The Bertz CT molecular complexity index is 692. The van der Waals surface area contributed by atoms with Crippen LogP contribution in [0.4, 0.5) is 0 Å². The Morgan fingerprint density at radius 1 is 1.42 bits per heavy atom. The minimum Gasteiger partial charge on any atom is -0.373 e. The standard InChI is InChI=1S/C19H22N2O2S/c1-3-19(22)21(12-18-14(2)11-20-24-18)16-9-17(10-16)23-13-15-7-5-4-6-8-15/h3-8,11,16-17H,1,9-10,12-13H2,2H3. The molecule has 1 aromatic heterocycles. The Labute approximate surface area is 146 Å². The van der Waals surface area contributed by atoms with Crippen LogP contribution in [0.2, 0.25) is 0 Å². The van der Waals surface area contributed by atoms with E-state index in [4.69, 9.17) is 4.74 Å². The second-order valence-corrected chi connectivity index (χ2v) is 7.03. The third-order valence-corrected chi connectivity index (χ3v) is 5.34. The van der Waals surface area contributed by atoms with Crippen LogP contribution in [-0.4, -0.2) is 27.3 Å². The van der Waals surface area contributed by atoms with Crippen molar-refractivity contribution in [3.05, 3.63) is 65.2 Å². The van der Waals surface area contributed by atoms with E-state index in [-0.39, 0.29) is 18.1 Å². The summed E-state index contributed by atoms with van der Waals surface area (Å²) in [4.78, 5) is 15.3. The number of carbonyl (C=O) groups is 1. The molecule has 4 nitrogen and oxygen atoms in total. The molecule has 1 amide bonds. The van der Waals surface area contributed by atoms with Crippen molar-refractivity contribution < 1.29 is 9.53 Å². The van der Waals surface area contributed by atoms with Gasteiger partial charge in [-0.3, -0.25) is 4.79 Å². The Morgan fingerprint density at radius 3 is 2.79 bits per heavy atom. The Morgan fingerprint density at radius 2 is 2.17 bits per heavy atom. The van der Waals surface area contributed by atoms with Gasteiger partial charge >= 0.3 is 0 Å². The van der Waals surface area contributed by atoms with Crippen LogP contribution in [0, 0.1) is 6.92 Å². The number of carbonyl (C=O) groups excluding carboxylic acids is 1. The van der Waals surface area contributed by atoms with Crippen molar-refractivity contribution >= 4 is 17.4 Å². The van der Waals surface area contributed by atoms with Gasteiger partial charge in [0, 0.05) is 17.1 Å². The fourth-order valence-corrected chi connectivity index (χ4v) is 3.57. The maximum Gasteiger partial charge on any atom is 0.246 e. The van der Waals surface area contributed by atoms with E-state index in [0.717, 1.165) is 23.3 Å². The van der Waals surface area contributed by atoms with E-state index in [1.807, 2.05) is 36.2 Å². The minimum absolute atomic E-state index is 0.0192. The van der Waals surface area contributed by atoms with E-state index in [0.29, 0.717) is 13.2 Å². The zero-order valence-corrected chi connectivity index (χ0v) is 14.7. The van der Waals surface area contributed by atoms with Gasteiger partial charge in [0.15, 0.2) is 0 Å². The fourth-order valence-electron chi connectivity index (χ4n) is 2.84. The Kier molecular flexibility index (Phi) is 5.43. The van der Waals surface area contributed by atoms with E-state index < -0.39 is 0 Å². The third kappa shape index (κ3) is 3.91. The number of ether oxygens (including phenoxy) is 1. The van der Waals surface area contributed by atoms with Crippen molar-refractivity contribution in [2.45, 2.75) is 45.1 Å². The predicted molar refractivity (Wildman–Crippen MR) is 95.6 cm³/mol. The van der Waals surface area contributed by atoms with Gasteiger partial charge in [0.2, 0.25) is 5.91 Å². The maximum atomic E-state index is 12.2. The molecule has 0 spiro atoms. The number of aryl methyl sites for hydroxylation is 1. The lowest BCUT2D eigenvalue weighted by Crippen LogP contribution is -2.49. The molecule has 0 aliphatic heterocycles. The van der Waals surface area contributed by atoms with Gasteiger partial charge in [0.05, 0.1) is 19.3 Å². The van der Waals surface area contributed by atoms with Gasteiger partial charge in [-0.05, 0) is 48.5 Å². The Balaban J connectivity index is 1.53. The second kappa shape index (κ2) is 7.73. The lowest BCUT2D eigenvalue weighted by Gasteiger charge is -2.42. The van der Waals surface area contributed by atoms with Crippen LogP contribution in [-0.2, 0) is 22.7 Å². The lowest BCUT2D eigenvalue weighted by atomic mass is 9.87. The quantitative estimate of drug-likeness (QED) is 0.720. The highest BCUT2D eigenvalue weighted by molar-refractivity contribution is 7.05. The monoisotopic (exact) mass is 342 g/mol. The molecule has 126 valence electrons. The number of benzene rings is 1. The summed E-state index contributed by atoms with van der Waals surface area (Å²) in [6.07, 6.45) is 5.23. The van der Waals surface area contributed by atoms with Crippen molar-refractivity contribution in [1.82, 2.24) is 9.27 Å². The average molecular weight is 342 g/mol. The predicted octanol–water partition coefficient (Wildman–Crippen LogP) is 3.71. The molecule has 0 saturated heterocycles. The molecule has 24 heavy (non-hydrogen) atoms. The first-order valence-corrected chi connectivity index (χ1v) is 8.93. The van der Waals surface area contributed by atoms with Crippen LogP contribution in [0.25, 0.3) is 0 Å². The molecule has 0 atom stereocenters. The molecular weight excluding hydrogens is 320 g/mol. The molecule has 1 aliphatic rings.